The van der Waals surface area contributed by atoms with E-state index in [0.29, 0.717) is 12.0 Å². The summed E-state index contributed by atoms with van der Waals surface area (Å²) in [6.45, 7) is 4.18. The lowest BCUT2D eigenvalue weighted by Gasteiger charge is -2.40. The lowest BCUT2D eigenvalue weighted by molar-refractivity contribution is -0.0852. The highest BCUT2D eigenvalue weighted by Gasteiger charge is 2.42. The second-order valence-corrected chi connectivity index (χ2v) is 7.76. The number of ether oxygens (including phenoxy) is 1. The lowest BCUT2D eigenvalue weighted by atomic mass is 9.81. The van der Waals surface area contributed by atoms with Crippen molar-refractivity contribution in [1.82, 2.24) is 14.9 Å². The molecule has 3 heterocycles. The molecule has 0 radical (unpaired) electrons. The molecule has 1 aromatic heterocycles. The number of nitrogens with zero attached hydrogens (tertiary/aromatic N) is 2. The third kappa shape index (κ3) is 3.18. The van der Waals surface area contributed by atoms with Crippen LogP contribution in [0.1, 0.15) is 43.5 Å². The normalized spacial score (nSPS) is 31.8. The van der Waals surface area contributed by atoms with Crippen LogP contribution >= 0.6 is 23.3 Å². The van der Waals surface area contributed by atoms with Crippen LogP contribution in [0.4, 0.5) is 0 Å². The second-order valence-electron chi connectivity index (χ2n) is 5.84. The molecule has 1 aromatic rings. The molecular formula is C14H23N3OS2. The molecule has 20 heavy (non-hydrogen) atoms. The molecule has 2 saturated heterocycles. The molecule has 4 nitrogen and oxygen atoms in total. The van der Waals surface area contributed by atoms with E-state index in [1.807, 2.05) is 18.0 Å². The highest BCUT2D eigenvalue weighted by Crippen LogP contribution is 2.44. The van der Waals surface area contributed by atoms with Gasteiger partial charge in [0.05, 0.1) is 16.7 Å². The van der Waals surface area contributed by atoms with E-state index in [9.17, 15) is 0 Å². The lowest BCUT2D eigenvalue weighted by Crippen LogP contribution is -2.43. The first-order valence-corrected chi connectivity index (χ1v) is 9.48. The number of thioether (sulfide) groups is 1. The first-order valence-electron chi connectivity index (χ1n) is 7.55. The van der Waals surface area contributed by atoms with Crippen LogP contribution in [0.15, 0.2) is 6.20 Å². The van der Waals surface area contributed by atoms with E-state index in [0.717, 1.165) is 26.0 Å². The van der Waals surface area contributed by atoms with Crippen LogP contribution in [0.3, 0.4) is 0 Å². The maximum atomic E-state index is 6.15. The first kappa shape index (κ1) is 14.8. The zero-order valence-corrected chi connectivity index (χ0v) is 13.6. The van der Waals surface area contributed by atoms with Crippen molar-refractivity contribution in [3.05, 3.63) is 11.1 Å². The first-order chi connectivity index (χ1) is 9.83. The van der Waals surface area contributed by atoms with Gasteiger partial charge in [0.25, 0.3) is 0 Å². The second kappa shape index (κ2) is 6.73. The zero-order chi connectivity index (χ0) is 13.8. The predicted octanol–water partition coefficient (Wildman–Crippen LogP) is 2.88. The summed E-state index contributed by atoms with van der Waals surface area (Å²) in [5.41, 5.74) is 0.151. The van der Waals surface area contributed by atoms with Gasteiger partial charge in [0.2, 0.25) is 0 Å². The van der Waals surface area contributed by atoms with Crippen molar-refractivity contribution in [3.8, 4) is 0 Å². The summed E-state index contributed by atoms with van der Waals surface area (Å²) in [7, 11) is 0. The molecule has 0 aliphatic carbocycles. The summed E-state index contributed by atoms with van der Waals surface area (Å²) in [6, 6.07) is 0.404. The Hall–Kier alpha value is -0.170. The van der Waals surface area contributed by atoms with Gasteiger partial charge in [-0.3, -0.25) is 0 Å². The SMILES string of the molecule is CCCNC(c1cnns1)C1CCOC2(CCSC2)C1. The molecule has 1 spiro atoms. The average molecular weight is 313 g/mol. The van der Waals surface area contributed by atoms with Gasteiger partial charge in [-0.15, -0.1) is 5.10 Å². The molecule has 2 aliphatic heterocycles. The number of rotatable bonds is 5. The van der Waals surface area contributed by atoms with Crippen LogP contribution in [0.2, 0.25) is 0 Å². The van der Waals surface area contributed by atoms with Crippen molar-refractivity contribution in [2.24, 2.45) is 5.92 Å². The quantitative estimate of drug-likeness (QED) is 0.906. The molecule has 3 unspecified atom stereocenters. The van der Waals surface area contributed by atoms with Crippen molar-refractivity contribution in [2.75, 3.05) is 24.7 Å². The van der Waals surface area contributed by atoms with E-state index in [1.165, 1.54) is 40.8 Å². The Labute approximate surface area is 129 Å². The van der Waals surface area contributed by atoms with Crippen LogP contribution in [-0.4, -0.2) is 39.8 Å². The summed E-state index contributed by atoms with van der Waals surface area (Å²) >= 11 is 3.58. The zero-order valence-electron chi connectivity index (χ0n) is 12.0. The topological polar surface area (TPSA) is 47.0 Å². The highest BCUT2D eigenvalue weighted by molar-refractivity contribution is 7.99. The molecule has 0 saturated carbocycles. The number of hydrogen-bond donors (Lipinski definition) is 1. The monoisotopic (exact) mass is 313 g/mol. The van der Waals surface area contributed by atoms with Crippen LogP contribution in [0, 0.1) is 5.92 Å². The van der Waals surface area contributed by atoms with Crippen molar-refractivity contribution in [3.63, 3.8) is 0 Å². The standard InChI is InChI=1S/C14H23N3OS2/c1-2-5-15-13(12-9-16-17-20-12)11-3-6-18-14(8-11)4-7-19-10-14/h9,11,13,15H,2-8,10H2,1H3. The summed E-state index contributed by atoms with van der Waals surface area (Å²) in [4.78, 5) is 1.28. The van der Waals surface area contributed by atoms with Crippen molar-refractivity contribution < 1.29 is 4.74 Å². The Morgan fingerprint density at radius 3 is 3.25 bits per heavy atom. The Balaban J connectivity index is 1.72. The molecule has 3 atom stereocenters. The van der Waals surface area contributed by atoms with Gasteiger partial charge in [0, 0.05) is 18.4 Å². The van der Waals surface area contributed by atoms with Crippen LogP contribution < -0.4 is 5.32 Å². The van der Waals surface area contributed by atoms with Crippen molar-refractivity contribution in [2.45, 2.75) is 44.2 Å². The summed E-state index contributed by atoms with van der Waals surface area (Å²) in [5.74, 6) is 3.07. The number of nitrogens with one attached hydrogen (secondary N) is 1. The Morgan fingerprint density at radius 1 is 1.60 bits per heavy atom. The molecule has 2 aliphatic rings. The Kier molecular flexibility index (Phi) is 4.96. The van der Waals surface area contributed by atoms with Gasteiger partial charge in [0.1, 0.15) is 0 Å². The summed E-state index contributed by atoms with van der Waals surface area (Å²) in [6.07, 6.45) is 6.64. The molecule has 112 valence electrons. The third-order valence-corrected chi connectivity index (χ3v) is 6.34. The van der Waals surface area contributed by atoms with E-state index in [-0.39, 0.29) is 5.60 Å². The minimum absolute atomic E-state index is 0.151. The smallest absolute Gasteiger partial charge is 0.0783 e. The summed E-state index contributed by atoms with van der Waals surface area (Å²) < 4.78 is 10.2. The number of aromatic nitrogens is 2. The average Bonchev–Trinajstić information content (AvgIpc) is 3.12. The van der Waals surface area contributed by atoms with Crippen molar-refractivity contribution in [1.29, 1.82) is 0 Å². The van der Waals surface area contributed by atoms with Gasteiger partial charge >= 0.3 is 0 Å². The van der Waals surface area contributed by atoms with Gasteiger partial charge < -0.3 is 10.1 Å². The van der Waals surface area contributed by atoms with Gasteiger partial charge in [-0.1, -0.05) is 11.4 Å². The summed E-state index contributed by atoms with van der Waals surface area (Å²) in [5, 5.41) is 7.74. The fourth-order valence-corrected chi connectivity index (χ4v) is 5.38. The van der Waals surface area contributed by atoms with E-state index >= 15 is 0 Å². The minimum Gasteiger partial charge on any atom is -0.374 e. The van der Waals surface area contributed by atoms with Gasteiger partial charge in [0.15, 0.2) is 0 Å². The van der Waals surface area contributed by atoms with Gasteiger partial charge in [-0.05, 0) is 55.4 Å². The Bertz CT molecular complexity index is 407. The van der Waals surface area contributed by atoms with Crippen LogP contribution in [0.25, 0.3) is 0 Å². The third-order valence-electron chi connectivity index (χ3n) is 4.37. The van der Waals surface area contributed by atoms with Crippen molar-refractivity contribution >= 4 is 23.3 Å². The molecule has 3 rings (SSSR count). The maximum absolute atomic E-state index is 6.15. The molecular weight excluding hydrogens is 290 g/mol. The largest absolute Gasteiger partial charge is 0.374 e. The molecule has 0 bridgehead atoms. The molecule has 1 N–H and O–H groups in total. The molecule has 0 amide bonds. The van der Waals surface area contributed by atoms with E-state index in [1.54, 1.807) is 0 Å². The molecule has 6 heteroatoms. The van der Waals surface area contributed by atoms with E-state index in [2.05, 4.69) is 21.8 Å². The van der Waals surface area contributed by atoms with E-state index < -0.39 is 0 Å². The highest BCUT2D eigenvalue weighted by atomic mass is 32.2. The molecule has 2 fully saturated rings. The fraction of sp³-hybridized carbons (Fsp3) is 0.857. The fourth-order valence-electron chi connectivity index (χ4n) is 3.32. The van der Waals surface area contributed by atoms with Crippen LogP contribution in [0.5, 0.6) is 0 Å². The Morgan fingerprint density at radius 2 is 2.55 bits per heavy atom. The maximum Gasteiger partial charge on any atom is 0.0783 e. The predicted molar refractivity (Wildman–Crippen MR) is 84.3 cm³/mol. The molecule has 0 aromatic carbocycles. The van der Waals surface area contributed by atoms with Gasteiger partial charge in [-0.2, -0.15) is 11.8 Å². The van der Waals surface area contributed by atoms with E-state index in [4.69, 9.17) is 4.74 Å². The van der Waals surface area contributed by atoms with Crippen LogP contribution in [-0.2, 0) is 4.74 Å². The van der Waals surface area contributed by atoms with Gasteiger partial charge in [-0.25, -0.2) is 0 Å². The number of hydrogen-bond acceptors (Lipinski definition) is 6. The minimum atomic E-state index is 0.151.